The van der Waals surface area contributed by atoms with E-state index in [9.17, 15) is 0 Å². The molecule has 6 heavy (non-hydrogen) atoms. The Kier molecular flexibility index (Phi) is 25.8. The fourth-order valence-electron chi connectivity index (χ4n) is 0. The Bertz CT molecular complexity index is 33.8. The second kappa shape index (κ2) is 9.91. The van der Waals surface area contributed by atoms with E-state index in [1.807, 2.05) is 0 Å². The molecule has 1 radical (unpaired) electrons. The van der Waals surface area contributed by atoms with E-state index in [0.29, 0.717) is 0 Å². The molecule has 0 aromatic rings. The molecule has 0 rings (SSSR count). The van der Waals surface area contributed by atoms with Gasteiger partial charge in [0, 0.05) is 77.3 Å². The minimum Gasteiger partial charge on any atom is -0.328 e. The van der Waals surface area contributed by atoms with Crippen molar-refractivity contribution in [3.63, 3.8) is 0 Å². The molecule has 0 bridgehead atoms. The summed E-state index contributed by atoms with van der Waals surface area (Å²) in [5, 5.41) is 13.6. The van der Waals surface area contributed by atoms with Gasteiger partial charge in [-0.2, -0.15) is 0 Å². The van der Waals surface area contributed by atoms with Gasteiger partial charge in [-0.3, -0.25) is 0 Å². The van der Waals surface area contributed by atoms with Crippen molar-refractivity contribution in [2.24, 2.45) is 0 Å². The summed E-state index contributed by atoms with van der Waals surface area (Å²) in [7, 11) is 0. The molecular formula is HCeLaNO3. The first-order valence-corrected chi connectivity index (χ1v) is 0.565. The third-order valence-corrected chi connectivity index (χ3v) is 0. The monoisotopic (exact) mass is 342 g/mol. The number of rotatable bonds is 0. The minimum atomic E-state index is -1.50. The quantitative estimate of drug-likeness (QED) is 0.484. The van der Waals surface area contributed by atoms with Crippen LogP contribution in [0.15, 0.2) is 0 Å². The van der Waals surface area contributed by atoms with Gasteiger partial charge < -0.3 is 5.21 Å². The molecule has 0 spiro atoms. The molecule has 1 N–H and O–H groups in total. The molecule has 0 aromatic heterocycles. The van der Waals surface area contributed by atoms with Gasteiger partial charge in [0.05, 0.1) is 0 Å². The van der Waals surface area contributed by atoms with Crippen LogP contribution in [-0.4, -0.2) is 10.3 Å². The Balaban J connectivity index is -0.0000000450. The van der Waals surface area contributed by atoms with Gasteiger partial charge in [0.15, 0.2) is 0 Å². The van der Waals surface area contributed by atoms with Crippen LogP contribution in [0.4, 0.5) is 0 Å². The van der Waals surface area contributed by atoms with E-state index in [1.165, 1.54) is 0 Å². The summed E-state index contributed by atoms with van der Waals surface area (Å²) in [6, 6.07) is 0. The second-order valence-corrected chi connectivity index (χ2v) is 0.238. The maximum atomic E-state index is 8.36. The van der Waals surface area contributed by atoms with Crippen LogP contribution >= 0.6 is 0 Å². The SMILES string of the molecule is O=[N+]([O-])O.[Ce].[La]. The smallest absolute Gasteiger partial charge is 0.291 e. The first-order valence-electron chi connectivity index (χ1n) is 0.565. The van der Waals surface area contributed by atoms with Gasteiger partial charge in [-0.15, -0.1) is 10.1 Å². The van der Waals surface area contributed by atoms with Crippen molar-refractivity contribution >= 4 is 0 Å². The summed E-state index contributed by atoms with van der Waals surface area (Å²) in [5.74, 6) is 0. The van der Waals surface area contributed by atoms with Crippen molar-refractivity contribution in [1.82, 2.24) is 0 Å². The minimum absolute atomic E-state index is 0. The molecule has 0 amide bonds. The topological polar surface area (TPSA) is 63.4 Å². The Morgan fingerprint density at radius 1 is 1.67 bits per heavy atom. The molecule has 0 atom stereocenters. The molecule has 0 saturated carbocycles. The van der Waals surface area contributed by atoms with Crippen LogP contribution in [0, 0.1) is 87.5 Å². The summed E-state index contributed by atoms with van der Waals surface area (Å²) >= 11 is 0. The van der Waals surface area contributed by atoms with Crippen molar-refractivity contribution in [3.8, 4) is 0 Å². The summed E-state index contributed by atoms with van der Waals surface area (Å²) in [4.78, 5) is 8.36. The van der Waals surface area contributed by atoms with Crippen molar-refractivity contribution in [2.75, 3.05) is 0 Å². The molecule has 4 nitrogen and oxygen atoms in total. The van der Waals surface area contributed by atoms with Crippen LogP contribution in [0.25, 0.3) is 0 Å². The molecule has 6 heteroatoms. The Morgan fingerprint density at radius 2 is 1.67 bits per heavy atom. The first-order chi connectivity index (χ1) is 1.73. The van der Waals surface area contributed by atoms with E-state index < -0.39 is 5.09 Å². The van der Waals surface area contributed by atoms with Crippen molar-refractivity contribution in [2.45, 2.75) is 0 Å². The summed E-state index contributed by atoms with van der Waals surface area (Å²) in [6.45, 7) is 0. The molecule has 0 aliphatic carbocycles. The average Bonchev–Trinajstić information content (AvgIpc) is 0.811. The molecule has 0 unspecified atom stereocenters. The molecule has 0 aliphatic heterocycles. The maximum Gasteiger partial charge on any atom is 0.291 e. The fourth-order valence-corrected chi connectivity index (χ4v) is 0. The number of hydrogen-bond donors (Lipinski definition) is 1. The average molecular weight is 342 g/mol. The summed E-state index contributed by atoms with van der Waals surface area (Å²) in [5.41, 5.74) is 0. The Labute approximate surface area is 95.8 Å². The van der Waals surface area contributed by atoms with E-state index in [2.05, 4.69) is 0 Å². The molecule has 31 valence electrons. The van der Waals surface area contributed by atoms with Crippen molar-refractivity contribution < 1.29 is 87.6 Å². The molecule has 0 aromatic carbocycles. The molecule has 0 aliphatic rings. The summed E-state index contributed by atoms with van der Waals surface area (Å²) in [6.07, 6.45) is 0. The van der Waals surface area contributed by atoms with E-state index in [4.69, 9.17) is 15.3 Å². The van der Waals surface area contributed by atoms with Crippen LogP contribution < -0.4 is 0 Å². The van der Waals surface area contributed by atoms with Crippen LogP contribution in [0.2, 0.25) is 0 Å². The molecule has 0 fully saturated rings. The Hall–Kier alpha value is 1.77. The van der Waals surface area contributed by atoms with Crippen LogP contribution in [0.1, 0.15) is 0 Å². The van der Waals surface area contributed by atoms with Gasteiger partial charge in [0.1, 0.15) is 0 Å². The van der Waals surface area contributed by atoms with Crippen LogP contribution in [0.3, 0.4) is 0 Å². The molecule has 0 saturated heterocycles. The zero-order valence-electron chi connectivity index (χ0n) is 2.79. The van der Waals surface area contributed by atoms with Gasteiger partial charge in [0.2, 0.25) is 0 Å². The zero-order valence-corrected chi connectivity index (χ0v) is 9.55. The first kappa shape index (κ1) is 15.7. The second-order valence-electron chi connectivity index (χ2n) is 0.238. The predicted molar refractivity (Wildman–Crippen MR) is 8.78 cm³/mol. The molecular weight excluding hydrogens is 341 g/mol. The fraction of sp³-hybridized carbons (Fsp3) is 0. The van der Waals surface area contributed by atoms with Gasteiger partial charge in [-0.1, -0.05) is 0 Å². The van der Waals surface area contributed by atoms with Crippen LogP contribution in [0.5, 0.6) is 0 Å². The van der Waals surface area contributed by atoms with Gasteiger partial charge in [-0.05, 0) is 0 Å². The van der Waals surface area contributed by atoms with Crippen molar-refractivity contribution in [3.05, 3.63) is 10.1 Å². The molecule has 0 heterocycles. The third-order valence-electron chi connectivity index (χ3n) is 0. The Morgan fingerprint density at radius 3 is 1.67 bits per heavy atom. The normalized spacial score (nSPS) is 4.00. The van der Waals surface area contributed by atoms with Gasteiger partial charge >= 0.3 is 0 Å². The number of hydrogen-bond acceptors (Lipinski definition) is 2. The number of nitrogens with zero attached hydrogens (tertiary/aromatic N) is 1. The van der Waals surface area contributed by atoms with E-state index in [-0.39, 0.29) is 77.3 Å². The predicted octanol–water partition coefficient (Wildman–Crippen LogP) is -0.348. The van der Waals surface area contributed by atoms with Crippen molar-refractivity contribution in [1.29, 1.82) is 0 Å². The summed E-state index contributed by atoms with van der Waals surface area (Å²) < 4.78 is 0. The maximum absolute atomic E-state index is 8.36. The van der Waals surface area contributed by atoms with Crippen LogP contribution in [-0.2, 0) is 0 Å². The third kappa shape index (κ3) is 41.9. The van der Waals surface area contributed by atoms with Gasteiger partial charge in [0.25, 0.3) is 5.09 Å². The largest absolute Gasteiger partial charge is 0.328 e. The van der Waals surface area contributed by atoms with Gasteiger partial charge in [-0.25, -0.2) is 0 Å². The standard InChI is InChI=1S/Ce.La.HNO3/c;;2-1(3)4/h;;(H,2,3,4). The van der Waals surface area contributed by atoms with E-state index in [1.54, 1.807) is 0 Å². The zero-order chi connectivity index (χ0) is 3.58. The van der Waals surface area contributed by atoms with E-state index >= 15 is 0 Å². The van der Waals surface area contributed by atoms with E-state index in [0.717, 1.165) is 0 Å².